The summed E-state index contributed by atoms with van der Waals surface area (Å²) in [6.07, 6.45) is 31.6. The first-order valence-corrected chi connectivity index (χ1v) is 26.7. The quantitative estimate of drug-likeness (QED) is 0.0174. The number of rotatable bonds is 42. The highest BCUT2D eigenvalue weighted by Gasteiger charge is 2.47. The SMILES string of the molecule is CC/C=C\C/C=C\C/C=C\C/C=C\CCCCCCCCC(=O)OC(COCCCCCCCCCCCCCCCCC)COC1OC(COC2OC(CO)C(O)C(O)C2O)C(O)C(O)C1O. The molecule has 7 N–H and O–H groups in total. The summed E-state index contributed by atoms with van der Waals surface area (Å²) in [5, 5.41) is 72.2. The van der Waals surface area contributed by atoms with Gasteiger partial charge in [0.2, 0.25) is 0 Å². The summed E-state index contributed by atoms with van der Waals surface area (Å²) in [6.45, 7) is 3.57. The number of aliphatic hydroxyl groups is 7. The summed E-state index contributed by atoms with van der Waals surface area (Å²) in [4.78, 5) is 13.0. The maximum atomic E-state index is 13.0. The van der Waals surface area contributed by atoms with Crippen molar-refractivity contribution >= 4 is 5.97 Å². The van der Waals surface area contributed by atoms with Crippen LogP contribution in [-0.2, 0) is 33.2 Å². The Bertz CT molecular complexity index is 1310. The second kappa shape index (κ2) is 41.6. The van der Waals surface area contributed by atoms with Gasteiger partial charge >= 0.3 is 5.97 Å². The van der Waals surface area contributed by atoms with Crippen molar-refractivity contribution in [1.29, 1.82) is 0 Å². The fourth-order valence-corrected chi connectivity index (χ4v) is 8.28. The molecule has 0 radical (unpaired) electrons. The first-order chi connectivity index (χ1) is 33.1. The summed E-state index contributed by atoms with van der Waals surface area (Å²) >= 11 is 0. The van der Waals surface area contributed by atoms with Gasteiger partial charge in [-0.1, -0.05) is 178 Å². The predicted molar refractivity (Wildman–Crippen MR) is 266 cm³/mol. The van der Waals surface area contributed by atoms with E-state index in [1.54, 1.807) is 0 Å². The molecule has 11 unspecified atom stereocenters. The third kappa shape index (κ3) is 28.7. The minimum Gasteiger partial charge on any atom is -0.457 e. The first-order valence-electron chi connectivity index (χ1n) is 26.7. The Balaban J connectivity index is 1.76. The van der Waals surface area contributed by atoms with Crippen LogP contribution in [0.5, 0.6) is 0 Å². The number of esters is 1. The van der Waals surface area contributed by atoms with Crippen LogP contribution < -0.4 is 0 Å². The van der Waals surface area contributed by atoms with Crippen molar-refractivity contribution in [2.45, 2.75) is 255 Å². The number of carbonyl (C=O) groups is 1. The fraction of sp³-hybridized carbons (Fsp3) is 0.833. The highest BCUT2D eigenvalue weighted by Crippen LogP contribution is 2.26. The van der Waals surface area contributed by atoms with Crippen molar-refractivity contribution in [2.24, 2.45) is 0 Å². The second-order valence-electron chi connectivity index (χ2n) is 18.7. The van der Waals surface area contributed by atoms with Crippen LogP contribution in [0.4, 0.5) is 0 Å². The lowest BCUT2D eigenvalue weighted by atomic mass is 9.98. The Morgan fingerprint density at radius 3 is 1.50 bits per heavy atom. The number of hydrogen-bond donors (Lipinski definition) is 7. The molecular weight excluding hydrogens is 873 g/mol. The van der Waals surface area contributed by atoms with E-state index in [0.29, 0.717) is 13.0 Å². The first kappa shape index (κ1) is 62.1. The van der Waals surface area contributed by atoms with Crippen molar-refractivity contribution in [1.82, 2.24) is 0 Å². The van der Waals surface area contributed by atoms with Gasteiger partial charge in [0.05, 0.1) is 26.4 Å². The largest absolute Gasteiger partial charge is 0.457 e. The fourth-order valence-electron chi connectivity index (χ4n) is 8.28. The molecular formula is C54H96O14. The highest BCUT2D eigenvalue weighted by atomic mass is 16.7. The Kier molecular flexibility index (Phi) is 37.9. The molecule has 0 aliphatic carbocycles. The molecule has 2 rings (SSSR count). The van der Waals surface area contributed by atoms with Gasteiger partial charge in [-0.3, -0.25) is 4.79 Å². The van der Waals surface area contributed by atoms with Gasteiger partial charge in [-0.25, -0.2) is 0 Å². The average Bonchev–Trinajstić information content (AvgIpc) is 3.33. The number of hydrogen-bond acceptors (Lipinski definition) is 14. The molecule has 0 aromatic rings. The molecule has 2 fully saturated rings. The van der Waals surface area contributed by atoms with Crippen molar-refractivity contribution in [3.8, 4) is 0 Å². The zero-order valence-corrected chi connectivity index (χ0v) is 42.1. The Hall–Kier alpha value is -2.05. The highest BCUT2D eigenvalue weighted by molar-refractivity contribution is 5.69. The zero-order valence-electron chi connectivity index (χ0n) is 42.1. The van der Waals surface area contributed by atoms with Gasteiger partial charge in [-0.2, -0.15) is 0 Å². The standard InChI is InChI=1S/C54H96O14/c1-3-5-7-9-11-13-15-17-19-20-21-22-23-25-27-29-31-33-35-37-46(56)66-43(40-63-38-36-34-32-30-28-26-24-18-16-14-12-10-8-6-4-2)41-64-53-52(62)50(60)48(58)45(68-53)42-65-54-51(61)49(59)47(57)44(39-55)67-54/h5,7,11,13,17,19,21-22,43-45,47-55,57-62H,3-4,6,8-10,12,14-16,18,20,23-42H2,1-2H3/b7-5-,13-11-,19-17-,22-21-. The molecule has 0 saturated carbocycles. The smallest absolute Gasteiger partial charge is 0.306 e. The molecule has 14 nitrogen and oxygen atoms in total. The van der Waals surface area contributed by atoms with E-state index in [4.69, 9.17) is 28.4 Å². The maximum absolute atomic E-state index is 13.0. The maximum Gasteiger partial charge on any atom is 0.306 e. The van der Waals surface area contributed by atoms with Gasteiger partial charge in [-0.15, -0.1) is 0 Å². The Labute approximate surface area is 410 Å². The lowest BCUT2D eigenvalue weighted by molar-refractivity contribution is -0.332. The molecule has 2 saturated heterocycles. The minimum atomic E-state index is -1.71. The molecule has 0 aromatic carbocycles. The normalized spacial score (nSPS) is 26.2. The molecule has 0 amide bonds. The molecule has 396 valence electrons. The summed E-state index contributed by atoms with van der Waals surface area (Å²) in [7, 11) is 0. The van der Waals surface area contributed by atoms with E-state index in [0.717, 1.165) is 83.5 Å². The molecule has 2 heterocycles. The molecule has 0 bridgehead atoms. The van der Waals surface area contributed by atoms with E-state index in [9.17, 15) is 40.5 Å². The average molecular weight is 969 g/mol. The summed E-state index contributed by atoms with van der Waals surface area (Å²) in [6, 6.07) is 0. The van der Waals surface area contributed by atoms with Crippen molar-refractivity contribution < 1.29 is 69.0 Å². The second-order valence-corrected chi connectivity index (χ2v) is 18.7. The molecule has 2 aliphatic heterocycles. The van der Waals surface area contributed by atoms with Crippen molar-refractivity contribution in [3.63, 3.8) is 0 Å². The summed E-state index contributed by atoms with van der Waals surface area (Å²) in [5.41, 5.74) is 0. The summed E-state index contributed by atoms with van der Waals surface area (Å²) < 4.78 is 34.3. The molecule has 14 heteroatoms. The van der Waals surface area contributed by atoms with Gasteiger partial charge in [0.15, 0.2) is 12.6 Å². The number of allylic oxidation sites excluding steroid dienone is 8. The third-order valence-electron chi connectivity index (χ3n) is 12.6. The Morgan fingerprint density at radius 2 is 0.956 bits per heavy atom. The topological polar surface area (TPSA) is 214 Å². The molecule has 2 aliphatic rings. The third-order valence-corrected chi connectivity index (χ3v) is 12.6. The van der Waals surface area contributed by atoms with Crippen LogP contribution >= 0.6 is 0 Å². The lowest BCUT2D eigenvalue weighted by Gasteiger charge is -2.42. The zero-order chi connectivity index (χ0) is 49.5. The number of aliphatic hydroxyl groups excluding tert-OH is 7. The van der Waals surface area contributed by atoms with E-state index in [-0.39, 0.29) is 25.6 Å². The predicted octanol–water partition coefficient (Wildman–Crippen LogP) is 8.35. The van der Waals surface area contributed by atoms with Gasteiger partial charge in [0, 0.05) is 13.0 Å². The van der Waals surface area contributed by atoms with Crippen LogP contribution in [0.3, 0.4) is 0 Å². The van der Waals surface area contributed by atoms with Crippen LogP contribution in [0.2, 0.25) is 0 Å². The van der Waals surface area contributed by atoms with Crippen LogP contribution in [-0.4, -0.2) is 142 Å². The van der Waals surface area contributed by atoms with Crippen LogP contribution in [0.25, 0.3) is 0 Å². The minimum absolute atomic E-state index is 0.0568. The molecule has 0 spiro atoms. The van der Waals surface area contributed by atoms with E-state index in [1.807, 2.05) is 0 Å². The monoisotopic (exact) mass is 969 g/mol. The lowest BCUT2D eigenvalue weighted by Crippen LogP contribution is -2.61. The van der Waals surface area contributed by atoms with Crippen LogP contribution in [0.15, 0.2) is 48.6 Å². The number of ether oxygens (including phenoxy) is 6. The summed E-state index contributed by atoms with van der Waals surface area (Å²) in [5.74, 6) is -0.389. The van der Waals surface area contributed by atoms with E-state index < -0.39 is 80.7 Å². The van der Waals surface area contributed by atoms with Gasteiger partial charge < -0.3 is 64.2 Å². The number of carbonyl (C=O) groups excluding carboxylic acids is 1. The van der Waals surface area contributed by atoms with E-state index in [2.05, 4.69) is 62.5 Å². The van der Waals surface area contributed by atoms with Gasteiger partial charge in [0.1, 0.15) is 54.9 Å². The molecule has 68 heavy (non-hydrogen) atoms. The van der Waals surface area contributed by atoms with Crippen molar-refractivity contribution in [3.05, 3.63) is 48.6 Å². The number of unbranched alkanes of at least 4 members (excludes halogenated alkanes) is 20. The van der Waals surface area contributed by atoms with E-state index in [1.165, 1.54) is 77.0 Å². The Morgan fingerprint density at radius 1 is 0.500 bits per heavy atom. The van der Waals surface area contributed by atoms with Crippen LogP contribution in [0.1, 0.15) is 187 Å². The molecule has 11 atom stereocenters. The van der Waals surface area contributed by atoms with Gasteiger partial charge in [0.25, 0.3) is 0 Å². The van der Waals surface area contributed by atoms with Crippen molar-refractivity contribution in [2.75, 3.05) is 33.0 Å². The van der Waals surface area contributed by atoms with Gasteiger partial charge in [-0.05, 0) is 51.4 Å². The van der Waals surface area contributed by atoms with E-state index >= 15 is 0 Å². The molecule has 0 aromatic heterocycles. The van der Waals surface area contributed by atoms with Crippen LogP contribution in [0, 0.1) is 0 Å².